The molecule has 0 saturated heterocycles. The normalized spacial score (nSPS) is 12.5. The molecule has 23 heavy (non-hydrogen) atoms. The molecular weight excluding hydrogens is 292 g/mol. The third kappa shape index (κ3) is 10.8. The van der Waals surface area contributed by atoms with Gasteiger partial charge >= 0.3 is 6.09 Å². The van der Waals surface area contributed by atoms with E-state index in [1.165, 1.54) is 0 Å². The molecule has 0 heterocycles. The van der Waals surface area contributed by atoms with Gasteiger partial charge in [-0.05, 0) is 61.8 Å². The summed E-state index contributed by atoms with van der Waals surface area (Å²) in [6.07, 6.45) is 0.537. The highest BCUT2D eigenvalue weighted by Gasteiger charge is 2.23. The largest absolute Gasteiger partial charge is 0.444 e. The molecule has 6 heteroatoms. The van der Waals surface area contributed by atoms with E-state index < -0.39 is 5.60 Å². The maximum absolute atomic E-state index is 12.2. The van der Waals surface area contributed by atoms with E-state index in [0.717, 1.165) is 18.9 Å². The van der Waals surface area contributed by atoms with Crippen molar-refractivity contribution in [2.24, 2.45) is 4.99 Å². The summed E-state index contributed by atoms with van der Waals surface area (Å²) in [6, 6.07) is 0.442. The van der Waals surface area contributed by atoms with Crippen molar-refractivity contribution in [3.05, 3.63) is 0 Å². The first kappa shape index (κ1) is 21.5. The Morgan fingerprint density at radius 3 is 2.26 bits per heavy atom. The minimum absolute atomic E-state index is 0.107. The van der Waals surface area contributed by atoms with E-state index >= 15 is 0 Å². The number of nitrogens with one attached hydrogen (secondary N) is 2. The van der Waals surface area contributed by atoms with Crippen LogP contribution >= 0.6 is 0 Å². The van der Waals surface area contributed by atoms with Crippen LogP contribution in [0.1, 0.15) is 61.8 Å². The molecular formula is C17H36N4O2. The number of ether oxygens (including phenoxy) is 1. The highest BCUT2D eigenvalue weighted by atomic mass is 16.6. The Kier molecular flexibility index (Phi) is 9.68. The molecule has 0 aliphatic rings. The summed E-state index contributed by atoms with van der Waals surface area (Å²) in [6.45, 7) is 18.0. The summed E-state index contributed by atoms with van der Waals surface area (Å²) < 4.78 is 5.46. The minimum atomic E-state index is -0.470. The summed E-state index contributed by atoms with van der Waals surface area (Å²) in [4.78, 5) is 18.5. The molecule has 0 atom stereocenters. The van der Waals surface area contributed by atoms with Gasteiger partial charge in [-0.3, -0.25) is 4.99 Å². The minimum Gasteiger partial charge on any atom is -0.444 e. The fourth-order valence-corrected chi connectivity index (χ4v) is 1.91. The molecule has 0 bridgehead atoms. The second-order valence-corrected chi connectivity index (χ2v) is 7.18. The lowest BCUT2D eigenvalue weighted by Gasteiger charge is -2.30. The zero-order valence-electron chi connectivity index (χ0n) is 16.2. The predicted octanol–water partition coefficient (Wildman–Crippen LogP) is 2.99. The first-order valence-electron chi connectivity index (χ1n) is 8.61. The van der Waals surface area contributed by atoms with Gasteiger partial charge in [0.1, 0.15) is 5.60 Å². The first-order chi connectivity index (χ1) is 10.6. The van der Waals surface area contributed by atoms with Crippen LogP contribution in [0.4, 0.5) is 4.79 Å². The van der Waals surface area contributed by atoms with Gasteiger partial charge in [0.25, 0.3) is 0 Å². The Bertz CT molecular complexity index is 373. The maximum atomic E-state index is 12.2. The molecule has 0 aliphatic carbocycles. The summed E-state index contributed by atoms with van der Waals surface area (Å²) >= 11 is 0. The molecule has 0 fully saturated rings. The zero-order valence-corrected chi connectivity index (χ0v) is 16.2. The van der Waals surface area contributed by atoms with Crippen molar-refractivity contribution in [2.45, 2.75) is 79.5 Å². The second-order valence-electron chi connectivity index (χ2n) is 7.18. The van der Waals surface area contributed by atoms with Gasteiger partial charge in [0, 0.05) is 31.7 Å². The van der Waals surface area contributed by atoms with Crippen molar-refractivity contribution >= 4 is 12.1 Å². The quantitative estimate of drug-likeness (QED) is 0.428. The number of amides is 1. The van der Waals surface area contributed by atoms with E-state index in [9.17, 15) is 4.79 Å². The molecule has 0 rings (SSSR count). The Hall–Kier alpha value is -1.46. The van der Waals surface area contributed by atoms with E-state index in [2.05, 4.69) is 29.5 Å². The summed E-state index contributed by atoms with van der Waals surface area (Å²) in [5.41, 5.74) is -0.470. The Balaban J connectivity index is 4.49. The Morgan fingerprint density at radius 2 is 1.83 bits per heavy atom. The van der Waals surface area contributed by atoms with Crippen LogP contribution in [-0.2, 0) is 4.74 Å². The van der Waals surface area contributed by atoms with Crippen LogP contribution in [-0.4, -0.2) is 54.3 Å². The highest BCUT2D eigenvalue weighted by molar-refractivity contribution is 5.79. The van der Waals surface area contributed by atoms with Crippen LogP contribution < -0.4 is 10.6 Å². The highest BCUT2D eigenvalue weighted by Crippen LogP contribution is 2.12. The van der Waals surface area contributed by atoms with Gasteiger partial charge in [-0.15, -0.1) is 0 Å². The molecule has 6 nitrogen and oxygen atoms in total. The molecule has 0 saturated carbocycles. The van der Waals surface area contributed by atoms with Gasteiger partial charge in [0.2, 0.25) is 0 Å². The van der Waals surface area contributed by atoms with E-state index in [0.29, 0.717) is 19.1 Å². The number of hydrogen-bond acceptors (Lipinski definition) is 3. The van der Waals surface area contributed by atoms with Crippen molar-refractivity contribution in [1.29, 1.82) is 0 Å². The van der Waals surface area contributed by atoms with Crippen molar-refractivity contribution < 1.29 is 9.53 Å². The third-order valence-corrected chi connectivity index (χ3v) is 2.85. The van der Waals surface area contributed by atoms with Crippen LogP contribution in [0.5, 0.6) is 0 Å². The van der Waals surface area contributed by atoms with Gasteiger partial charge in [0.05, 0.1) is 0 Å². The molecule has 0 aromatic carbocycles. The van der Waals surface area contributed by atoms with Crippen LogP contribution in [0.25, 0.3) is 0 Å². The lowest BCUT2D eigenvalue weighted by molar-refractivity contribution is 0.0190. The summed E-state index contributed by atoms with van der Waals surface area (Å²) in [7, 11) is 0. The van der Waals surface area contributed by atoms with Gasteiger partial charge in [-0.2, -0.15) is 0 Å². The molecule has 1 amide bonds. The molecule has 2 N–H and O–H groups in total. The van der Waals surface area contributed by atoms with Crippen molar-refractivity contribution in [1.82, 2.24) is 15.5 Å². The summed E-state index contributed by atoms with van der Waals surface area (Å²) in [5, 5.41) is 6.49. The molecule has 0 aromatic rings. The van der Waals surface area contributed by atoms with Gasteiger partial charge in [-0.1, -0.05) is 0 Å². The Labute approximate surface area is 142 Å². The predicted molar refractivity (Wildman–Crippen MR) is 96.9 cm³/mol. The SMILES string of the molecule is CCNC(=NCCCN(C(=O)OC(C)(C)C)C(C)C)NC(C)C. The number of aliphatic imine (C=N–C) groups is 1. The van der Waals surface area contributed by atoms with Crippen molar-refractivity contribution in [3.8, 4) is 0 Å². The first-order valence-corrected chi connectivity index (χ1v) is 8.61. The van der Waals surface area contributed by atoms with Gasteiger partial charge < -0.3 is 20.3 Å². The van der Waals surface area contributed by atoms with E-state index in [4.69, 9.17) is 4.74 Å². The van der Waals surface area contributed by atoms with Crippen LogP contribution in [0.15, 0.2) is 4.99 Å². The average molecular weight is 329 g/mol. The lowest BCUT2D eigenvalue weighted by atomic mass is 10.2. The van der Waals surface area contributed by atoms with Crippen molar-refractivity contribution in [3.63, 3.8) is 0 Å². The fourth-order valence-electron chi connectivity index (χ4n) is 1.91. The number of hydrogen-bond donors (Lipinski definition) is 2. The zero-order chi connectivity index (χ0) is 18.0. The number of rotatable bonds is 7. The van der Waals surface area contributed by atoms with E-state index in [-0.39, 0.29) is 12.1 Å². The van der Waals surface area contributed by atoms with E-state index in [1.807, 2.05) is 41.5 Å². The molecule has 136 valence electrons. The lowest BCUT2D eigenvalue weighted by Crippen LogP contribution is -2.42. The third-order valence-electron chi connectivity index (χ3n) is 2.85. The van der Waals surface area contributed by atoms with Gasteiger partial charge in [0.15, 0.2) is 5.96 Å². The average Bonchev–Trinajstić information content (AvgIpc) is 2.35. The number of guanidine groups is 1. The maximum Gasteiger partial charge on any atom is 0.410 e. The summed E-state index contributed by atoms with van der Waals surface area (Å²) in [5.74, 6) is 0.816. The number of carbonyl (C=O) groups excluding carboxylic acids is 1. The molecule has 0 spiro atoms. The monoisotopic (exact) mass is 328 g/mol. The number of carbonyl (C=O) groups is 1. The standard InChI is InChI=1S/C17H36N4O2/c1-9-18-15(20-13(2)3)19-11-10-12-21(14(4)5)16(22)23-17(6,7)8/h13-14H,9-12H2,1-8H3,(H2,18,19,20). The molecule has 0 aliphatic heterocycles. The Morgan fingerprint density at radius 1 is 1.22 bits per heavy atom. The topological polar surface area (TPSA) is 66.0 Å². The van der Waals surface area contributed by atoms with Crippen LogP contribution in [0, 0.1) is 0 Å². The second kappa shape index (κ2) is 10.3. The van der Waals surface area contributed by atoms with Crippen molar-refractivity contribution in [2.75, 3.05) is 19.6 Å². The molecule has 0 unspecified atom stereocenters. The number of nitrogens with zero attached hydrogens (tertiary/aromatic N) is 2. The van der Waals surface area contributed by atoms with Gasteiger partial charge in [-0.25, -0.2) is 4.79 Å². The van der Waals surface area contributed by atoms with Crippen LogP contribution in [0.2, 0.25) is 0 Å². The fraction of sp³-hybridized carbons (Fsp3) is 0.882. The smallest absolute Gasteiger partial charge is 0.410 e. The molecule has 0 radical (unpaired) electrons. The molecule has 0 aromatic heterocycles. The van der Waals surface area contributed by atoms with E-state index in [1.54, 1.807) is 4.90 Å². The van der Waals surface area contributed by atoms with Crippen LogP contribution in [0.3, 0.4) is 0 Å².